The Bertz CT molecular complexity index is 530. The molecule has 4 nitrogen and oxygen atoms in total. The smallest absolute Gasteiger partial charge is 0.202 e. The van der Waals surface area contributed by atoms with E-state index in [9.17, 15) is 4.79 Å². The number of ether oxygens (including phenoxy) is 1. The normalized spacial score (nSPS) is 13.7. The highest BCUT2D eigenvalue weighted by atomic mass is 16.5. The van der Waals surface area contributed by atoms with Crippen molar-refractivity contribution in [3.63, 3.8) is 0 Å². The number of hydrogen-bond acceptors (Lipinski definition) is 4. The SMILES string of the molecule is O=C1c2ccccc2OCc2oncc21. The monoisotopic (exact) mass is 201 g/mol. The fourth-order valence-electron chi connectivity index (χ4n) is 1.62. The second-order valence-corrected chi connectivity index (χ2v) is 3.28. The molecule has 0 atom stereocenters. The van der Waals surface area contributed by atoms with Crippen LogP contribution in [0.15, 0.2) is 35.0 Å². The molecule has 4 heteroatoms. The zero-order chi connectivity index (χ0) is 10.3. The van der Waals surface area contributed by atoms with E-state index in [1.165, 1.54) is 6.20 Å². The van der Waals surface area contributed by atoms with E-state index in [0.29, 0.717) is 22.6 Å². The number of carbonyl (C=O) groups is 1. The lowest BCUT2D eigenvalue weighted by molar-refractivity contribution is 0.103. The van der Waals surface area contributed by atoms with E-state index < -0.39 is 0 Å². The fraction of sp³-hybridized carbons (Fsp3) is 0.0909. The van der Waals surface area contributed by atoms with Gasteiger partial charge in [-0.2, -0.15) is 0 Å². The van der Waals surface area contributed by atoms with Crippen LogP contribution in [0.3, 0.4) is 0 Å². The van der Waals surface area contributed by atoms with Crippen LogP contribution in [0.25, 0.3) is 0 Å². The summed E-state index contributed by atoms with van der Waals surface area (Å²) in [5.41, 5.74) is 1.04. The molecular formula is C11H7NO3. The Morgan fingerprint density at radius 1 is 1.20 bits per heavy atom. The second-order valence-electron chi connectivity index (χ2n) is 3.28. The number of hydrogen-bond donors (Lipinski definition) is 0. The van der Waals surface area contributed by atoms with Crippen LogP contribution in [0, 0.1) is 0 Å². The quantitative estimate of drug-likeness (QED) is 0.652. The van der Waals surface area contributed by atoms with Crippen LogP contribution in [-0.2, 0) is 6.61 Å². The summed E-state index contributed by atoms with van der Waals surface area (Å²) >= 11 is 0. The maximum atomic E-state index is 12.0. The zero-order valence-corrected chi connectivity index (χ0v) is 7.77. The van der Waals surface area contributed by atoms with Crippen LogP contribution in [0.4, 0.5) is 0 Å². The molecule has 2 aromatic rings. The van der Waals surface area contributed by atoms with Crippen LogP contribution < -0.4 is 4.74 Å². The maximum absolute atomic E-state index is 12.0. The molecule has 0 N–H and O–H groups in total. The second kappa shape index (κ2) is 2.95. The zero-order valence-electron chi connectivity index (χ0n) is 7.77. The van der Waals surface area contributed by atoms with Gasteiger partial charge in [-0.25, -0.2) is 0 Å². The van der Waals surface area contributed by atoms with Gasteiger partial charge in [0, 0.05) is 0 Å². The van der Waals surface area contributed by atoms with E-state index >= 15 is 0 Å². The highest BCUT2D eigenvalue weighted by Crippen LogP contribution is 2.27. The molecule has 1 aliphatic heterocycles. The highest BCUT2D eigenvalue weighted by molar-refractivity contribution is 6.11. The lowest BCUT2D eigenvalue weighted by atomic mass is 10.0. The first-order valence-electron chi connectivity index (χ1n) is 4.56. The van der Waals surface area contributed by atoms with Gasteiger partial charge in [0.15, 0.2) is 5.76 Å². The number of para-hydroxylation sites is 1. The molecular weight excluding hydrogens is 194 g/mol. The van der Waals surface area contributed by atoms with Crippen molar-refractivity contribution in [1.29, 1.82) is 0 Å². The number of rotatable bonds is 0. The molecule has 1 aromatic carbocycles. The lowest BCUT2D eigenvalue weighted by Crippen LogP contribution is -1.99. The van der Waals surface area contributed by atoms with Gasteiger partial charge in [0.2, 0.25) is 5.78 Å². The summed E-state index contributed by atoms with van der Waals surface area (Å²) in [6.45, 7) is 0.248. The Balaban J connectivity index is 2.22. The van der Waals surface area contributed by atoms with Gasteiger partial charge in [0.1, 0.15) is 12.4 Å². The fourth-order valence-corrected chi connectivity index (χ4v) is 1.62. The molecule has 1 aliphatic rings. The molecule has 0 fully saturated rings. The molecule has 74 valence electrons. The summed E-state index contributed by atoms with van der Waals surface area (Å²) in [5.74, 6) is 0.976. The van der Waals surface area contributed by atoms with Crippen LogP contribution >= 0.6 is 0 Å². The van der Waals surface area contributed by atoms with Gasteiger partial charge in [-0.05, 0) is 12.1 Å². The van der Waals surface area contributed by atoms with Gasteiger partial charge in [-0.1, -0.05) is 17.3 Å². The van der Waals surface area contributed by atoms with Crippen molar-refractivity contribution >= 4 is 5.78 Å². The van der Waals surface area contributed by atoms with Gasteiger partial charge < -0.3 is 9.26 Å². The van der Waals surface area contributed by atoms with Crippen molar-refractivity contribution in [3.8, 4) is 5.75 Å². The predicted octanol–water partition coefficient (Wildman–Crippen LogP) is 1.80. The average Bonchev–Trinajstić information content (AvgIpc) is 2.69. The molecule has 1 aromatic heterocycles. The predicted molar refractivity (Wildman–Crippen MR) is 50.7 cm³/mol. The minimum atomic E-state index is -0.0978. The van der Waals surface area contributed by atoms with Crippen LogP contribution in [0.1, 0.15) is 21.7 Å². The van der Waals surface area contributed by atoms with Crippen molar-refractivity contribution < 1.29 is 14.1 Å². The Labute approximate surface area is 85.5 Å². The summed E-state index contributed by atoms with van der Waals surface area (Å²) < 4.78 is 10.4. The number of carbonyl (C=O) groups excluding carboxylic acids is 1. The number of benzene rings is 1. The van der Waals surface area contributed by atoms with Crippen LogP contribution in [0.5, 0.6) is 5.75 Å². The lowest BCUT2D eigenvalue weighted by Gasteiger charge is -2.03. The maximum Gasteiger partial charge on any atom is 0.202 e. The first-order valence-corrected chi connectivity index (χ1v) is 4.56. The van der Waals surface area contributed by atoms with Crippen molar-refractivity contribution in [1.82, 2.24) is 5.16 Å². The summed E-state index contributed by atoms with van der Waals surface area (Å²) in [6, 6.07) is 7.14. The number of ketones is 1. The van der Waals surface area contributed by atoms with E-state index in [-0.39, 0.29) is 12.4 Å². The minimum absolute atomic E-state index is 0.0978. The topological polar surface area (TPSA) is 52.3 Å². The van der Waals surface area contributed by atoms with E-state index in [2.05, 4.69) is 5.16 Å². The molecule has 0 amide bonds. The van der Waals surface area contributed by atoms with Crippen molar-refractivity contribution in [2.45, 2.75) is 6.61 Å². The molecule has 0 saturated heterocycles. The van der Waals surface area contributed by atoms with E-state index in [0.717, 1.165) is 0 Å². The molecule has 0 radical (unpaired) electrons. The third-order valence-corrected chi connectivity index (χ3v) is 2.38. The first-order chi connectivity index (χ1) is 7.36. The summed E-state index contributed by atoms with van der Waals surface area (Å²) in [5, 5.41) is 3.59. The van der Waals surface area contributed by atoms with Crippen molar-refractivity contribution in [3.05, 3.63) is 47.3 Å². The Morgan fingerprint density at radius 2 is 2.07 bits per heavy atom. The van der Waals surface area contributed by atoms with Gasteiger partial charge in [0.05, 0.1) is 17.3 Å². The molecule has 2 heterocycles. The summed E-state index contributed by atoms with van der Waals surface area (Å²) in [7, 11) is 0. The summed E-state index contributed by atoms with van der Waals surface area (Å²) in [6.07, 6.45) is 1.43. The molecule has 3 rings (SSSR count). The van der Waals surface area contributed by atoms with Gasteiger partial charge in [0.25, 0.3) is 0 Å². The van der Waals surface area contributed by atoms with Crippen molar-refractivity contribution in [2.75, 3.05) is 0 Å². The van der Waals surface area contributed by atoms with Gasteiger partial charge >= 0.3 is 0 Å². The number of nitrogens with zero attached hydrogens (tertiary/aromatic N) is 1. The largest absolute Gasteiger partial charge is 0.485 e. The van der Waals surface area contributed by atoms with Gasteiger partial charge in [-0.15, -0.1) is 0 Å². The molecule has 0 bridgehead atoms. The Hall–Kier alpha value is -2.10. The minimum Gasteiger partial charge on any atom is -0.485 e. The van der Waals surface area contributed by atoms with Crippen LogP contribution in [-0.4, -0.2) is 10.9 Å². The number of aromatic nitrogens is 1. The third-order valence-electron chi connectivity index (χ3n) is 2.38. The highest BCUT2D eigenvalue weighted by Gasteiger charge is 2.24. The molecule has 0 unspecified atom stereocenters. The standard InChI is InChI=1S/C11H7NO3/c13-11-7-3-1-2-4-9(7)14-6-10-8(11)5-12-15-10/h1-5H,6H2. The van der Waals surface area contributed by atoms with E-state index in [4.69, 9.17) is 9.26 Å². The Kier molecular flexibility index (Phi) is 1.62. The molecule has 0 saturated carbocycles. The van der Waals surface area contributed by atoms with E-state index in [1.807, 2.05) is 6.07 Å². The summed E-state index contributed by atoms with van der Waals surface area (Å²) in [4.78, 5) is 12.0. The Morgan fingerprint density at radius 3 is 3.00 bits per heavy atom. The molecule has 0 aliphatic carbocycles. The molecule has 0 spiro atoms. The number of fused-ring (bicyclic) bond motifs is 2. The third kappa shape index (κ3) is 1.15. The average molecular weight is 201 g/mol. The van der Waals surface area contributed by atoms with Crippen LogP contribution in [0.2, 0.25) is 0 Å². The molecule has 15 heavy (non-hydrogen) atoms. The van der Waals surface area contributed by atoms with Gasteiger partial charge in [-0.3, -0.25) is 4.79 Å². The van der Waals surface area contributed by atoms with Crippen molar-refractivity contribution in [2.24, 2.45) is 0 Å². The van der Waals surface area contributed by atoms with E-state index in [1.54, 1.807) is 18.2 Å². The first kappa shape index (κ1) is 8.23.